The van der Waals surface area contributed by atoms with Gasteiger partial charge in [-0.1, -0.05) is 90.4 Å². The van der Waals surface area contributed by atoms with Gasteiger partial charge in [-0.05, 0) is 19.3 Å². The zero-order chi connectivity index (χ0) is 15.6. The smallest absolute Gasteiger partial charge is 0.0540 e. The third kappa shape index (κ3) is 17.9. The second-order valence-electron chi connectivity index (χ2n) is 6.55. The maximum Gasteiger partial charge on any atom is 0.0540 e. The number of hydrogen-bond acceptors (Lipinski definition) is 2. The highest BCUT2D eigenvalue weighted by molar-refractivity contribution is 4.55. The molecule has 2 N–H and O–H groups in total. The molecule has 128 valence electrons. The van der Waals surface area contributed by atoms with Gasteiger partial charge in [0.2, 0.25) is 0 Å². The van der Waals surface area contributed by atoms with Crippen molar-refractivity contribution in [2.75, 3.05) is 6.61 Å². The van der Waals surface area contributed by atoms with E-state index in [9.17, 15) is 5.11 Å². The third-order valence-electron chi connectivity index (χ3n) is 4.32. The lowest BCUT2D eigenvalue weighted by atomic mass is 10.0. The van der Waals surface area contributed by atoms with Gasteiger partial charge in [0.1, 0.15) is 0 Å². The lowest BCUT2D eigenvalue weighted by Gasteiger charge is -2.08. The standard InChI is InChI=1S/C19H40O2/c1-2-16-19(21)17-14-12-10-8-6-4-3-5-7-9-11-13-15-18-20/h19-21H,2-18H2,1H3. The van der Waals surface area contributed by atoms with Crippen LogP contribution in [0.5, 0.6) is 0 Å². The number of aliphatic hydroxyl groups excluding tert-OH is 2. The summed E-state index contributed by atoms with van der Waals surface area (Å²) in [4.78, 5) is 0. The van der Waals surface area contributed by atoms with E-state index in [4.69, 9.17) is 5.11 Å². The van der Waals surface area contributed by atoms with Gasteiger partial charge in [-0.15, -0.1) is 0 Å². The molecule has 0 aromatic carbocycles. The highest BCUT2D eigenvalue weighted by atomic mass is 16.3. The molecule has 0 aromatic rings. The monoisotopic (exact) mass is 300 g/mol. The van der Waals surface area contributed by atoms with Crippen molar-refractivity contribution in [2.45, 2.75) is 116 Å². The van der Waals surface area contributed by atoms with Gasteiger partial charge < -0.3 is 10.2 Å². The Morgan fingerprint density at radius 1 is 0.571 bits per heavy atom. The summed E-state index contributed by atoms with van der Waals surface area (Å²) in [5.41, 5.74) is 0. The van der Waals surface area contributed by atoms with E-state index in [0.29, 0.717) is 6.61 Å². The normalized spacial score (nSPS) is 12.7. The summed E-state index contributed by atoms with van der Waals surface area (Å²) in [5.74, 6) is 0. The molecule has 0 spiro atoms. The Bertz CT molecular complexity index is 182. The molecule has 1 atom stereocenters. The summed E-state index contributed by atoms with van der Waals surface area (Å²) < 4.78 is 0. The van der Waals surface area contributed by atoms with Crippen LogP contribution in [0.2, 0.25) is 0 Å². The second kappa shape index (κ2) is 18.0. The second-order valence-corrected chi connectivity index (χ2v) is 6.55. The van der Waals surface area contributed by atoms with Gasteiger partial charge in [0, 0.05) is 6.61 Å². The summed E-state index contributed by atoms with van der Waals surface area (Å²) in [6.07, 6.45) is 20.0. The molecular formula is C19H40O2. The quantitative estimate of drug-likeness (QED) is 0.343. The first-order valence-corrected chi connectivity index (χ1v) is 9.60. The van der Waals surface area contributed by atoms with Crippen LogP contribution in [0.15, 0.2) is 0 Å². The summed E-state index contributed by atoms with van der Waals surface area (Å²) in [5, 5.41) is 18.3. The van der Waals surface area contributed by atoms with E-state index in [0.717, 1.165) is 25.7 Å². The van der Waals surface area contributed by atoms with Gasteiger partial charge in [-0.25, -0.2) is 0 Å². The molecule has 0 aromatic heterocycles. The van der Waals surface area contributed by atoms with Crippen molar-refractivity contribution in [3.8, 4) is 0 Å². The molecule has 0 bridgehead atoms. The molecule has 0 amide bonds. The number of hydrogen-bond donors (Lipinski definition) is 2. The molecule has 2 heteroatoms. The van der Waals surface area contributed by atoms with Crippen LogP contribution in [0.25, 0.3) is 0 Å². The van der Waals surface area contributed by atoms with Crippen LogP contribution in [0.4, 0.5) is 0 Å². The number of rotatable bonds is 17. The van der Waals surface area contributed by atoms with E-state index >= 15 is 0 Å². The number of aliphatic hydroxyl groups is 2. The van der Waals surface area contributed by atoms with Gasteiger partial charge in [0.25, 0.3) is 0 Å². The van der Waals surface area contributed by atoms with Crippen LogP contribution in [-0.4, -0.2) is 22.9 Å². The Morgan fingerprint density at radius 3 is 1.33 bits per heavy atom. The van der Waals surface area contributed by atoms with E-state index in [-0.39, 0.29) is 6.10 Å². The van der Waals surface area contributed by atoms with E-state index in [2.05, 4.69) is 6.92 Å². The van der Waals surface area contributed by atoms with Crippen LogP contribution < -0.4 is 0 Å². The summed E-state index contributed by atoms with van der Waals surface area (Å²) >= 11 is 0. The molecule has 0 fully saturated rings. The Hall–Kier alpha value is -0.0800. The van der Waals surface area contributed by atoms with Gasteiger partial charge in [0.15, 0.2) is 0 Å². The Labute approximate surface area is 133 Å². The maximum absolute atomic E-state index is 9.63. The SMILES string of the molecule is CCCC(O)CCCCCCCCCCCCCCCO. The Kier molecular flexibility index (Phi) is 17.9. The van der Waals surface area contributed by atoms with Crippen molar-refractivity contribution >= 4 is 0 Å². The minimum atomic E-state index is -0.0487. The zero-order valence-corrected chi connectivity index (χ0v) is 14.5. The summed E-state index contributed by atoms with van der Waals surface area (Å²) in [7, 11) is 0. The van der Waals surface area contributed by atoms with Crippen LogP contribution in [-0.2, 0) is 0 Å². The molecule has 0 aliphatic carbocycles. The van der Waals surface area contributed by atoms with Crippen molar-refractivity contribution in [1.29, 1.82) is 0 Å². The summed E-state index contributed by atoms with van der Waals surface area (Å²) in [6.45, 7) is 2.50. The molecule has 0 rings (SSSR count). The Morgan fingerprint density at radius 2 is 0.952 bits per heavy atom. The number of unbranched alkanes of at least 4 members (excludes halogenated alkanes) is 12. The first kappa shape index (κ1) is 20.9. The first-order valence-electron chi connectivity index (χ1n) is 9.60. The minimum Gasteiger partial charge on any atom is -0.396 e. The molecule has 0 heterocycles. The molecule has 0 radical (unpaired) electrons. The Balaban J connectivity index is 2.99. The van der Waals surface area contributed by atoms with E-state index in [1.165, 1.54) is 77.0 Å². The molecule has 2 nitrogen and oxygen atoms in total. The zero-order valence-electron chi connectivity index (χ0n) is 14.5. The van der Waals surface area contributed by atoms with E-state index in [1.54, 1.807) is 0 Å². The predicted octanol–water partition coefficient (Wildman–Crippen LogP) is 5.60. The average molecular weight is 301 g/mol. The van der Waals surface area contributed by atoms with Crippen molar-refractivity contribution in [3.05, 3.63) is 0 Å². The first-order chi connectivity index (χ1) is 10.3. The summed E-state index contributed by atoms with van der Waals surface area (Å²) in [6, 6.07) is 0. The molecule has 21 heavy (non-hydrogen) atoms. The van der Waals surface area contributed by atoms with Crippen molar-refractivity contribution < 1.29 is 10.2 Å². The molecule has 0 aliphatic heterocycles. The van der Waals surface area contributed by atoms with Crippen LogP contribution in [0.1, 0.15) is 110 Å². The van der Waals surface area contributed by atoms with Crippen LogP contribution >= 0.6 is 0 Å². The van der Waals surface area contributed by atoms with Gasteiger partial charge >= 0.3 is 0 Å². The third-order valence-corrected chi connectivity index (χ3v) is 4.32. The molecule has 0 saturated carbocycles. The van der Waals surface area contributed by atoms with Crippen LogP contribution in [0.3, 0.4) is 0 Å². The fourth-order valence-corrected chi connectivity index (χ4v) is 2.91. The highest BCUT2D eigenvalue weighted by Crippen LogP contribution is 2.14. The van der Waals surface area contributed by atoms with E-state index < -0.39 is 0 Å². The molecule has 0 aliphatic rings. The fraction of sp³-hybridized carbons (Fsp3) is 1.00. The molecular weight excluding hydrogens is 260 g/mol. The molecule has 1 unspecified atom stereocenters. The average Bonchev–Trinajstić information content (AvgIpc) is 2.48. The molecule has 0 saturated heterocycles. The van der Waals surface area contributed by atoms with Gasteiger partial charge in [0.05, 0.1) is 6.10 Å². The fourth-order valence-electron chi connectivity index (χ4n) is 2.91. The van der Waals surface area contributed by atoms with Crippen molar-refractivity contribution in [1.82, 2.24) is 0 Å². The van der Waals surface area contributed by atoms with Gasteiger partial charge in [-0.3, -0.25) is 0 Å². The largest absolute Gasteiger partial charge is 0.396 e. The minimum absolute atomic E-state index is 0.0487. The van der Waals surface area contributed by atoms with Gasteiger partial charge in [-0.2, -0.15) is 0 Å². The highest BCUT2D eigenvalue weighted by Gasteiger charge is 2.01. The van der Waals surface area contributed by atoms with Crippen LogP contribution in [0, 0.1) is 0 Å². The lowest BCUT2D eigenvalue weighted by molar-refractivity contribution is 0.150. The lowest BCUT2D eigenvalue weighted by Crippen LogP contribution is -2.04. The van der Waals surface area contributed by atoms with Crippen molar-refractivity contribution in [2.24, 2.45) is 0 Å². The topological polar surface area (TPSA) is 40.5 Å². The predicted molar refractivity (Wildman–Crippen MR) is 92.6 cm³/mol. The van der Waals surface area contributed by atoms with E-state index in [1.807, 2.05) is 0 Å². The van der Waals surface area contributed by atoms with Crippen molar-refractivity contribution in [3.63, 3.8) is 0 Å². The maximum atomic E-state index is 9.63.